The molecular weight excluding hydrogens is 270 g/mol. The molecule has 21 heavy (non-hydrogen) atoms. The molecule has 0 saturated heterocycles. The number of alkyl carbamates (subject to hydrolysis) is 1. The van der Waals surface area contributed by atoms with Gasteiger partial charge in [-0.2, -0.15) is 0 Å². The van der Waals surface area contributed by atoms with Crippen LogP contribution in [0.2, 0.25) is 0 Å². The molecular formula is C16H19NO4. The van der Waals surface area contributed by atoms with Crippen molar-refractivity contribution in [3.8, 4) is 0 Å². The largest absolute Gasteiger partial charge is 0.480 e. The summed E-state index contributed by atoms with van der Waals surface area (Å²) in [5, 5.41) is 11.6. The Morgan fingerprint density at radius 2 is 2.05 bits per heavy atom. The first-order valence-electron chi connectivity index (χ1n) is 7.03. The molecule has 0 radical (unpaired) electrons. The van der Waals surface area contributed by atoms with Crippen LogP contribution in [-0.4, -0.2) is 23.2 Å². The zero-order valence-electron chi connectivity index (χ0n) is 11.7. The summed E-state index contributed by atoms with van der Waals surface area (Å²) in [5.74, 6) is -1.04. The fourth-order valence-electron chi connectivity index (χ4n) is 2.29. The summed E-state index contributed by atoms with van der Waals surface area (Å²) in [6.07, 6.45) is 4.64. The Morgan fingerprint density at radius 1 is 1.29 bits per heavy atom. The number of allylic oxidation sites excluding steroid dienone is 1. The van der Waals surface area contributed by atoms with Gasteiger partial charge in [0.15, 0.2) is 0 Å². The highest BCUT2D eigenvalue weighted by atomic mass is 16.5. The molecule has 0 fully saturated rings. The minimum absolute atomic E-state index is 0.127. The molecule has 5 nitrogen and oxygen atoms in total. The van der Waals surface area contributed by atoms with Crippen molar-refractivity contribution in [2.75, 3.05) is 0 Å². The third-order valence-electron chi connectivity index (χ3n) is 3.40. The first kappa shape index (κ1) is 15.1. The van der Waals surface area contributed by atoms with Crippen molar-refractivity contribution in [3.63, 3.8) is 0 Å². The number of carboxylic acid groups (broad SMARTS) is 1. The van der Waals surface area contributed by atoms with Crippen LogP contribution in [0.5, 0.6) is 0 Å². The highest BCUT2D eigenvalue weighted by Gasteiger charge is 2.22. The molecule has 112 valence electrons. The van der Waals surface area contributed by atoms with Crippen molar-refractivity contribution in [1.82, 2.24) is 5.32 Å². The van der Waals surface area contributed by atoms with Gasteiger partial charge in [-0.25, -0.2) is 9.59 Å². The predicted molar refractivity (Wildman–Crippen MR) is 77.7 cm³/mol. The molecule has 1 atom stereocenters. The Hall–Kier alpha value is -2.30. The van der Waals surface area contributed by atoms with Crippen molar-refractivity contribution in [3.05, 3.63) is 47.5 Å². The molecule has 1 unspecified atom stereocenters. The summed E-state index contributed by atoms with van der Waals surface area (Å²) >= 11 is 0. The number of benzene rings is 1. The second-order valence-corrected chi connectivity index (χ2v) is 5.06. The third-order valence-corrected chi connectivity index (χ3v) is 3.40. The Morgan fingerprint density at radius 3 is 2.67 bits per heavy atom. The number of carboxylic acids is 1. The number of carbonyl (C=O) groups is 2. The van der Waals surface area contributed by atoms with E-state index in [-0.39, 0.29) is 6.61 Å². The van der Waals surface area contributed by atoms with E-state index in [1.54, 1.807) is 0 Å². The van der Waals surface area contributed by atoms with Gasteiger partial charge in [-0.15, -0.1) is 0 Å². The van der Waals surface area contributed by atoms with Crippen molar-refractivity contribution in [2.24, 2.45) is 0 Å². The molecule has 0 heterocycles. The van der Waals surface area contributed by atoms with E-state index in [0.717, 1.165) is 30.4 Å². The van der Waals surface area contributed by atoms with E-state index < -0.39 is 18.1 Å². The number of hydrogen-bond donors (Lipinski definition) is 2. The number of nitrogens with one attached hydrogen (secondary N) is 1. The van der Waals surface area contributed by atoms with Crippen LogP contribution in [0.1, 0.15) is 31.2 Å². The molecule has 2 rings (SSSR count). The van der Waals surface area contributed by atoms with E-state index in [2.05, 4.69) is 5.32 Å². The Balaban J connectivity index is 1.82. The van der Waals surface area contributed by atoms with Crippen LogP contribution < -0.4 is 5.32 Å². The van der Waals surface area contributed by atoms with Crippen LogP contribution in [0.25, 0.3) is 0 Å². The second kappa shape index (κ2) is 7.47. The molecule has 1 aliphatic carbocycles. The third kappa shape index (κ3) is 4.95. The van der Waals surface area contributed by atoms with Crippen LogP contribution in [-0.2, 0) is 16.1 Å². The molecule has 0 aliphatic heterocycles. The van der Waals surface area contributed by atoms with Gasteiger partial charge in [-0.1, -0.05) is 42.0 Å². The maximum absolute atomic E-state index is 11.7. The van der Waals surface area contributed by atoms with Crippen LogP contribution in [0.15, 0.2) is 42.0 Å². The summed E-state index contributed by atoms with van der Waals surface area (Å²) in [5.41, 5.74) is 1.95. The second-order valence-electron chi connectivity index (χ2n) is 5.06. The Labute approximate surface area is 123 Å². The van der Waals surface area contributed by atoms with Gasteiger partial charge in [-0.05, 0) is 31.2 Å². The summed E-state index contributed by atoms with van der Waals surface area (Å²) in [6.45, 7) is 0.127. The zero-order valence-corrected chi connectivity index (χ0v) is 11.7. The molecule has 1 aliphatic rings. The Bertz CT molecular complexity index is 524. The van der Waals surface area contributed by atoms with E-state index in [1.807, 2.05) is 36.4 Å². The van der Waals surface area contributed by atoms with Gasteiger partial charge in [-0.3, -0.25) is 0 Å². The van der Waals surface area contributed by atoms with E-state index in [9.17, 15) is 14.7 Å². The van der Waals surface area contributed by atoms with Crippen molar-refractivity contribution < 1.29 is 19.4 Å². The fraction of sp³-hybridized carbons (Fsp3) is 0.375. The average Bonchev–Trinajstić information content (AvgIpc) is 2.98. The molecule has 0 bridgehead atoms. The molecule has 0 saturated carbocycles. The van der Waals surface area contributed by atoms with Crippen molar-refractivity contribution >= 4 is 12.1 Å². The lowest BCUT2D eigenvalue weighted by Crippen LogP contribution is -2.41. The number of ether oxygens (including phenoxy) is 1. The number of aliphatic carboxylic acids is 1. The average molecular weight is 289 g/mol. The van der Waals surface area contributed by atoms with E-state index in [4.69, 9.17) is 4.74 Å². The summed E-state index contributed by atoms with van der Waals surface area (Å²) in [6, 6.07) is 8.32. The molecule has 5 heteroatoms. The van der Waals surface area contributed by atoms with Gasteiger partial charge in [0.05, 0.1) is 0 Å². The highest BCUT2D eigenvalue weighted by Crippen LogP contribution is 2.22. The summed E-state index contributed by atoms with van der Waals surface area (Å²) in [4.78, 5) is 22.9. The molecule has 0 aromatic heterocycles. The van der Waals surface area contributed by atoms with E-state index in [1.165, 1.54) is 0 Å². The fourth-order valence-corrected chi connectivity index (χ4v) is 2.29. The predicted octanol–water partition coefficient (Wildman–Crippen LogP) is 2.87. The van der Waals surface area contributed by atoms with Gasteiger partial charge in [0.2, 0.25) is 0 Å². The minimum atomic E-state index is -1.04. The standard InChI is InChI=1S/C16H19NO4/c18-15(19)14(10-12-6-4-5-7-12)17-16(20)21-11-13-8-2-1-3-9-13/h1-3,6,8-9,14H,4-5,7,10-11H2,(H,17,20)(H,18,19). The lowest BCUT2D eigenvalue weighted by molar-refractivity contribution is -0.139. The monoisotopic (exact) mass is 289 g/mol. The van der Waals surface area contributed by atoms with Gasteiger partial charge >= 0.3 is 12.1 Å². The molecule has 0 spiro atoms. The molecule has 2 N–H and O–H groups in total. The Kier molecular flexibility index (Phi) is 5.37. The molecule has 1 aromatic carbocycles. The van der Waals surface area contributed by atoms with Crippen LogP contribution >= 0.6 is 0 Å². The van der Waals surface area contributed by atoms with E-state index >= 15 is 0 Å². The van der Waals surface area contributed by atoms with Crippen molar-refractivity contribution in [1.29, 1.82) is 0 Å². The van der Waals surface area contributed by atoms with Crippen LogP contribution in [0.3, 0.4) is 0 Å². The van der Waals surface area contributed by atoms with Gasteiger partial charge in [0.1, 0.15) is 12.6 Å². The van der Waals surface area contributed by atoms with Gasteiger partial charge in [0, 0.05) is 0 Å². The summed E-state index contributed by atoms with van der Waals surface area (Å²) in [7, 11) is 0. The SMILES string of the molecule is O=C(NC(CC1=CCCC1)C(=O)O)OCc1ccccc1. The maximum atomic E-state index is 11.7. The number of carbonyl (C=O) groups excluding carboxylic acids is 1. The minimum Gasteiger partial charge on any atom is -0.480 e. The quantitative estimate of drug-likeness (QED) is 0.790. The summed E-state index contributed by atoms with van der Waals surface area (Å²) < 4.78 is 5.04. The van der Waals surface area contributed by atoms with Crippen LogP contribution in [0.4, 0.5) is 4.79 Å². The van der Waals surface area contributed by atoms with Crippen molar-refractivity contribution in [2.45, 2.75) is 38.3 Å². The van der Waals surface area contributed by atoms with Gasteiger partial charge < -0.3 is 15.2 Å². The first-order valence-corrected chi connectivity index (χ1v) is 7.03. The normalized spacial score (nSPS) is 15.1. The number of rotatable bonds is 6. The lowest BCUT2D eigenvalue weighted by Gasteiger charge is -2.15. The molecule has 1 aromatic rings. The van der Waals surface area contributed by atoms with Gasteiger partial charge in [0.25, 0.3) is 0 Å². The van der Waals surface area contributed by atoms with Crippen LogP contribution in [0, 0.1) is 0 Å². The maximum Gasteiger partial charge on any atom is 0.408 e. The topological polar surface area (TPSA) is 75.6 Å². The number of hydrogen-bond acceptors (Lipinski definition) is 3. The molecule has 1 amide bonds. The number of amides is 1. The lowest BCUT2D eigenvalue weighted by atomic mass is 10.1. The van der Waals surface area contributed by atoms with E-state index in [0.29, 0.717) is 6.42 Å². The smallest absolute Gasteiger partial charge is 0.408 e. The zero-order chi connectivity index (χ0) is 15.1. The highest BCUT2D eigenvalue weighted by molar-refractivity contribution is 5.80. The first-order chi connectivity index (χ1) is 10.1.